The van der Waals surface area contributed by atoms with Crippen molar-refractivity contribution >= 4 is 5.97 Å². The largest absolute Gasteiger partial charge is 0.459 e. The topological polar surface area (TPSA) is 158 Å². The normalized spacial score (nSPS) is 54.1. The van der Waals surface area contributed by atoms with Crippen LogP contribution in [0.4, 0.5) is 0 Å². The Morgan fingerprint density at radius 1 is 1.04 bits per heavy atom. The summed E-state index contributed by atoms with van der Waals surface area (Å²) in [4.78, 5) is 13.4. The molecule has 2 saturated carbocycles. The van der Waals surface area contributed by atoms with Crippen molar-refractivity contribution in [3.05, 3.63) is 23.3 Å². The van der Waals surface area contributed by atoms with Gasteiger partial charge in [-0.2, -0.15) is 0 Å². The summed E-state index contributed by atoms with van der Waals surface area (Å²) in [6.45, 7) is 10.4. The zero-order valence-corrected chi connectivity index (χ0v) is 27.2. The van der Waals surface area contributed by atoms with Crippen LogP contribution in [0.3, 0.4) is 0 Å². The summed E-state index contributed by atoms with van der Waals surface area (Å²) in [6.07, 6.45) is 2.65. The second-order valence-corrected chi connectivity index (χ2v) is 16.0. The summed E-state index contributed by atoms with van der Waals surface area (Å²) in [6, 6.07) is 0. The molecule has 3 aliphatic heterocycles. The first-order valence-electron chi connectivity index (χ1n) is 17.2. The molecule has 10 heteroatoms. The van der Waals surface area contributed by atoms with E-state index in [2.05, 4.69) is 46.8 Å². The Morgan fingerprint density at radius 3 is 2.44 bits per heavy atom. The summed E-state index contributed by atoms with van der Waals surface area (Å²) in [5.41, 5.74) is 1.96. The monoisotopic (exact) mass is 632 g/mol. The highest BCUT2D eigenvalue weighted by molar-refractivity contribution is 5.76. The van der Waals surface area contributed by atoms with Crippen molar-refractivity contribution in [3.8, 4) is 0 Å². The molecular weight excluding hydrogens is 580 g/mol. The molecule has 4 aliphatic carbocycles. The highest BCUT2D eigenvalue weighted by Gasteiger charge is 2.68. The zero-order valence-electron chi connectivity index (χ0n) is 27.2. The van der Waals surface area contributed by atoms with E-state index < -0.39 is 49.0 Å². The third-order valence-electron chi connectivity index (χ3n) is 13.6. The van der Waals surface area contributed by atoms with Crippen LogP contribution in [0, 0.1) is 40.4 Å². The number of carbonyl (C=O) groups is 1. The predicted molar refractivity (Wildman–Crippen MR) is 161 cm³/mol. The highest BCUT2D eigenvalue weighted by Crippen LogP contribution is 2.66. The number of hydrogen-bond acceptors (Lipinski definition) is 10. The van der Waals surface area contributed by atoms with E-state index in [1.165, 1.54) is 11.1 Å². The average Bonchev–Trinajstić information content (AvgIpc) is 3.44. The van der Waals surface area contributed by atoms with Crippen molar-refractivity contribution in [2.45, 2.75) is 140 Å². The van der Waals surface area contributed by atoms with E-state index in [1.54, 1.807) is 0 Å². The third kappa shape index (κ3) is 4.68. The lowest BCUT2D eigenvalue weighted by Gasteiger charge is -2.54. The SMILES string of the molecule is CC(C)[C@@]1([C@H]2C[C@@H]([C@H]3[C@H](O)C[C@H]4C5=CC[C@H]6C[C@@H](O[C@@H]7O[C@H](CO)[C@@H](O)[C@H](O)[C@H]7O)CC[C@]6(C)C5=CC[C@]34C)C(=O)O2)O[C@H]1C. The van der Waals surface area contributed by atoms with Crippen LogP contribution in [-0.4, -0.2) is 98.8 Å². The van der Waals surface area contributed by atoms with Crippen molar-refractivity contribution < 1.29 is 49.3 Å². The fourth-order valence-corrected chi connectivity index (χ4v) is 10.9. The van der Waals surface area contributed by atoms with E-state index in [4.69, 9.17) is 18.9 Å². The Bertz CT molecular complexity index is 1250. The Kier molecular flexibility index (Phi) is 7.93. The first-order chi connectivity index (χ1) is 21.3. The number of ether oxygens (including phenoxy) is 4. The molecule has 0 amide bonds. The molecule has 3 saturated heterocycles. The predicted octanol–water partition coefficient (Wildman–Crippen LogP) is 2.39. The Hall–Kier alpha value is -1.37. The molecule has 0 spiro atoms. The summed E-state index contributed by atoms with van der Waals surface area (Å²) in [5, 5.41) is 52.1. The van der Waals surface area contributed by atoms with Gasteiger partial charge in [-0.15, -0.1) is 0 Å². The molecule has 0 radical (unpaired) electrons. The molecule has 7 aliphatic rings. The Labute approximate surface area is 265 Å². The Morgan fingerprint density at radius 2 is 1.78 bits per heavy atom. The van der Waals surface area contributed by atoms with Crippen molar-refractivity contribution in [1.82, 2.24) is 0 Å². The van der Waals surface area contributed by atoms with E-state index in [0.29, 0.717) is 18.8 Å². The summed E-state index contributed by atoms with van der Waals surface area (Å²) < 4.78 is 23.9. The quantitative estimate of drug-likeness (QED) is 0.218. The van der Waals surface area contributed by atoms with E-state index in [1.807, 2.05) is 0 Å². The molecule has 45 heavy (non-hydrogen) atoms. The van der Waals surface area contributed by atoms with Gasteiger partial charge < -0.3 is 44.5 Å². The summed E-state index contributed by atoms with van der Waals surface area (Å²) >= 11 is 0. The van der Waals surface area contributed by atoms with Gasteiger partial charge in [-0.1, -0.05) is 39.8 Å². The maximum Gasteiger partial charge on any atom is 0.309 e. The lowest BCUT2D eigenvalue weighted by atomic mass is 9.51. The van der Waals surface area contributed by atoms with Crippen molar-refractivity contribution in [3.63, 3.8) is 0 Å². The maximum atomic E-state index is 13.4. The summed E-state index contributed by atoms with van der Waals surface area (Å²) in [5.74, 6) is 0.00151. The van der Waals surface area contributed by atoms with Gasteiger partial charge in [0.1, 0.15) is 36.1 Å². The molecule has 0 unspecified atom stereocenters. The molecule has 16 atom stereocenters. The van der Waals surface area contributed by atoms with E-state index in [0.717, 1.165) is 32.1 Å². The first kappa shape index (κ1) is 32.2. The maximum absolute atomic E-state index is 13.4. The lowest BCUT2D eigenvalue weighted by molar-refractivity contribution is -0.314. The number of carbonyl (C=O) groups excluding carboxylic acids is 1. The van der Waals surface area contributed by atoms with Gasteiger partial charge >= 0.3 is 5.97 Å². The molecule has 5 fully saturated rings. The average molecular weight is 633 g/mol. The number of allylic oxidation sites excluding steroid dienone is 4. The number of esters is 1. The van der Waals surface area contributed by atoms with Gasteiger partial charge in [0, 0.05) is 12.3 Å². The fraction of sp³-hybridized carbons (Fsp3) is 0.857. The van der Waals surface area contributed by atoms with Crippen LogP contribution in [0.5, 0.6) is 0 Å². The van der Waals surface area contributed by atoms with Crippen LogP contribution in [0.1, 0.15) is 79.6 Å². The second kappa shape index (κ2) is 11.1. The molecule has 3 heterocycles. The minimum atomic E-state index is -1.46. The molecule has 7 rings (SSSR count). The molecule has 0 aromatic rings. The van der Waals surface area contributed by atoms with Crippen LogP contribution in [0.2, 0.25) is 0 Å². The minimum Gasteiger partial charge on any atom is -0.459 e. The number of rotatable bonds is 6. The van der Waals surface area contributed by atoms with Crippen LogP contribution in [0.15, 0.2) is 23.3 Å². The van der Waals surface area contributed by atoms with E-state index in [-0.39, 0.29) is 58.8 Å². The second-order valence-electron chi connectivity index (χ2n) is 16.0. The van der Waals surface area contributed by atoms with Gasteiger partial charge in [0.05, 0.1) is 30.8 Å². The van der Waals surface area contributed by atoms with Crippen LogP contribution in [0.25, 0.3) is 0 Å². The van der Waals surface area contributed by atoms with Crippen LogP contribution >= 0.6 is 0 Å². The molecule has 0 aromatic heterocycles. The standard InChI is InChI=1S/C35H52O10/c1-16(2)35(17(3)45-35)26-13-21(31(41)44-26)27-24(37)14-23-20-7-6-18-12-19(8-10-33(18,4)22(20)9-11-34(23,27)5)42-32-30(40)29(39)28(38)25(15-36)43-32/h7,9,16-19,21,23-30,32,36-40H,6,8,10-15H2,1-5H3/t17-,18-,19-,21-,23-,24+,25+,26+,27-,28+,29-,30+,32+,33-,34-,35+/m0/s1. The minimum absolute atomic E-state index is 0.0600. The zero-order chi connectivity index (χ0) is 32.2. The van der Waals surface area contributed by atoms with Gasteiger partial charge in [-0.05, 0) is 85.2 Å². The van der Waals surface area contributed by atoms with E-state index >= 15 is 0 Å². The summed E-state index contributed by atoms with van der Waals surface area (Å²) in [7, 11) is 0. The molecule has 0 aromatic carbocycles. The number of cyclic esters (lactones) is 1. The third-order valence-corrected chi connectivity index (χ3v) is 13.6. The smallest absolute Gasteiger partial charge is 0.309 e. The molecule has 252 valence electrons. The van der Waals surface area contributed by atoms with Gasteiger partial charge in [0.25, 0.3) is 0 Å². The Balaban J connectivity index is 1.07. The highest BCUT2D eigenvalue weighted by atomic mass is 16.7. The van der Waals surface area contributed by atoms with Crippen molar-refractivity contribution in [2.75, 3.05) is 6.61 Å². The van der Waals surface area contributed by atoms with Gasteiger partial charge in [-0.25, -0.2) is 0 Å². The number of fused-ring (bicyclic) bond motifs is 5. The van der Waals surface area contributed by atoms with Crippen LogP contribution in [-0.2, 0) is 23.7 Å². The number of aliphatic hydroxyl groups is 5. The fourth-order valence-electron chi connectivity index (χ4n) is 10.9. The van der Waals surface area contributed by atoms with Crippen LogP contribution < -0.4 is 0 Å². The number of epoxide rings is 1. The van der Waals surface area contributed by atoms with Gasteiger partial charge in [0.2, 0.25) is 0 Å². The van der Waals surface area contributed by atoms with Gasteiger partial charge in [0.15, 0.2) is 6.29 Å². The molecule has 5 N–H and O–H groups in total. The van der Waals surface area contributed by atoms with Crippen molar-refractivity contribution in [1.29, 1.82) is 0 Å². The van der Waals surface area contributed by atoms with Crippen molar-refractivity contribution in [2.24, 2.45) is 40.4 Å². The molecule has 0 bridgehead atoms. The van der Waals surface area contributed by atoms with E-state index in [9.17, 15) is 30.3 Å². The number of hydrogen-bond donors (Lipinski definition) is 5. The lowest BCUT2D eigenvalue weighted by Crippen LogP contribution is -2.60. The number of aliphatic hydroxyl groups excluding tert-OH is 5. The van der Waals surface area contributed by atoms with Gasteiger partial charge in [-0.3, -0.25) is 4.79 Å². The molecular formula is C35H52O10. The molecule has 10 nitrogen and oxygen atoms in total. The first-order valence-corrected chi connectivity index (χ1v) is 17.2.